The molecular formula is C18H11F2N5O. The van der Waals surface area contributed by atoms with E-state index in [0.717, 1.165) is 12.1 Å². The van der Waals surface area contributed by atoms with E-state index in [1.165, 1.54) is 18.3 Å². The molecule has 0 aliphatic heterocycles. The molecule has 1 heterocycles. The van der Waals surface area contributed by atoms with Gasteiger partial charge in [-0.15, -0.1) is 0 Å². The highest BCUT2D eigenvalue weighted by atomic mass is 19.2. The van der Waals surface area contributed by atoms with Gasteiger partial charge in [0.1, 0.15) is 11.8 Å². The Morgan fingerprint density at radius 2 is 1.88 bits per heavy atom. The summed E-state index contributed by atoms with van der Waals surface area (Å²) in [6.45, 7) is 0. The van der Waals surface area contributed by atoms with Gasteiger partial charge in [0.05, 0.1) is 11.3 Å². The molecule has 2 aromatic carbocycles. The fourth-order valence-corrected chi connectivity index (χ4v) is 2.12. The van der Waals surface area contributed by atoms with Gasteiger partial charge in [0, 0.05) is 18.0 Å². The first kappa shape index (κ1) is 17.0. The summed E-state index contributed by atoms with van der Waals surface area (Å²) in [6.07, 6.45) is 1.35. The summed E-state index contributed by atoms with van der Waals surface area (Å²) in [7, 11) is 0. The van der Waals surface area contributed by atoms with Gasteiger partial charge >= 0.3 is 0 Å². The molecule has 0 aliphatic rings. The number of carbonyl (C=O) groups is 1. The van der Waals surface area contributed by atoms with Crippen molar-refractivity contribution in [3.63, 3.8) is 0 Å². The number of hydrogen-bond donors (Lipinski definition) is 2. The lowest BCUT2D eigenvalue weighted by atomic mass is 10.2. The number of anilines is 3. The van der Waals surface area contributed by atoms with Gasteiger partial charge in [0.15, 0.2) is 11.6 Å². The Hall–Kier alpha value is -3.86. The molecule has 0 atom stereocenters. The van der Waals surface area contributed by atoms with Crippen molar-refractivity contribution in [1.29, 1.82) is 5.26 Å². The molecule has 6 nitrogen and oxygen atoms in total. The first-order chi connectivity index (χ1) is 12.6. The van der Waals surface area contributed by atoms with Crippen LogP contribution in [0.3, 0.4) is 0 Å². The molecule has 0 saturated heterocycles. The van der Waals surface area contributed by atoms with Gasteiger partial charge < -0.3 is 10.6 Å². The molecule has 3 aromatic rings. The van der Waals surface area contributed by atoms with E-state index in [0.29, 0.717) is 11.3 Å². The number of nitrogens with one attached hydrogen (secondary N) is 2. The predicted molar refractivity (Wildman–Crippen MR) is 90.8 cm³/mol. The van der Waals surface area contributed by atoms with Crippen molar-refractivity contribution in [2.75, 3.05) is 10.6 Å². The third-order valence-corrected chi connectivity index (χ3v) is 3.36. The third kappa shape index (κ3) is 3.79. The molecule has 0 saturated carbocycles. The van der Waals surface area contributed by atoms with Gasteiger partial charge in [-0.05, 0) is 30.3 Å². The molecule has 0 radical (unpaired) electrons. The highest BCUT2D eigenvalue weighted by Gasteiger charge is 2.12. The lowest BCUT2D eigenvalue weighted by Crippen LogP contribution is -2.15. The Bertz CT molecular complexity index is 1020. The van der Waals surface area contributed by atoms with E-state index in [1.54, 1.807) is 24.3 Å². The molecule has 0 unspecified atom stereocenters. The minimum absolute atomic E-state index is 0.0391. The van der Waals surface area contributed by atoms with Crippen LogP contribution in [0.1, 0.15) is 16.1 Å². The van der Waals surface area contributed by atoms with E-state index in [9.17, 15) is 13.6 Å². The number of carbonyl (C=O) groups excluding carboxylic acids is 1. The number of aromatic nitrogens is 2. The van der Waals surface area contributed by atoms with Gasteiger partial charge in [-0.25, -0.2) is 18.7 Å². The van der Waals surface area contributed by atoms with Crippen molar-refractivity contribution in [2.24, 2.45) is 0 Å². The Labute approximate surface area is 147 Å². The number of benzene rings is 2. The fourth-order valence-electron chi connectivity index (χ4n) is 2.12. The average molecular weight is 351 g/mol. The van der Waals surface area contributed by atoms with Crippen molar-refractivity contribution in [2.45, 2.75) is 0 Å². The van der Waals surface area contributed by atoms with Gasteiger partial charge in [-0.3, -0.25) is 4.79 Å². The molecule has 26 heavy (non-hydrogen) atoms. The number of nitriles is 1. The highest BCUT2D eigenvalue weighted by Crippen LogP contribution is 2.18. The molecule has 1 amide bonds. The summed E-state index contributed by atoms with van der Waals surface area (Å²) in [6, 6.07) is 13.1. The third-order valence-electron chi connectivity index (χ3n) is 3.36. The van der Waals surface area contributed by atoms with Crippen LogP contribution in [0.2, 0.25) is 0 Å². The minimum Gasteiger partial charge on any atom is -0.324 e. The monoisotopic (exact) mass is 351 g/mol. The standard InChI is InChI=1S/C18H11F2N5O/c19-13-6-5-12(9-14(13)20)23-18-22-8-7-16(25-18)17(26)24-15-4-2-1-3-11(15)10-21/h1-9H,(H,24,26)(H,22,23,25). The summed E-state index contributed by atoms with van der Waals surface area (Å²) in [4.78, 5) is 20.3. The van der Waals surface area contributed by atoms with Crippen LogP contribution in [0.25, 0.3) is 0 Å². The quantitative estimate of drug-likeness (QED) is 0.749. The van der Waals surface area contributed by atoms with Crippen LogP contribution >= 0.6 is 0 Å². The number of halogens is 2. The number of hydrogen-bond acceptors (Lipinski definition) is 5. The first-order valence-corrected chi connectivity index (χ1v) is 7.42. The molecule has 0 aliphatic carbocycles. The van der Waals surface area contributed by atoms with Crippen LogP contribution in [-0.4, -0.2) is 15.9 Å². The van der Waals surface area contributed by atoms with Crippen molar-refractivity contribution < 1.29 is 13.6 Å². The van der Waals surface area contributed by atoms with E-state index >= 15 is 0 Å². The van der Waals surface area contributed by atoms with Gasteiger partial charge in [0.2, 0.25) is 5.95 Å². The molecule has 2 N–H and O–H groups in total. The number of rotatable bonds is 4. The number of para-hydroxylation sites is 1. The maximum absolute atomic E-state index is 13.3. The van der Waals surface area contributed by atoms with Crippen LogP contribution in [0, 0.1) is 23.0 Å². The molecule has 8 heteroatoms. The van der Waals surface area contributed by atoms with Gasteiger partial charge in [-0.1, -0.05) is 12.1 Å². The lowest BCUT2D eigenvalue weighted by Gasteiger charge is -2.08. The van der Waals surface area contributed by atoms with Crippen molar-refractivity contribution in [3.8, 4) is 6.07 Å². The van der Waals surface area contributed by atoms with E-state index in [1.807, 2.05) is 6.07 Å². The van der Waals surface area contributed by atoms with Crippen LogP contribution in [0.15, 0.2) is 54.7 Å². The van der Waals surface area contributed by atoms with E-state index < -0.39 is 17.5 Å². The molecule has 0 fully saturated rings. The Balaban J connectivity index is 1.79. The topological polar surface area (TPSA) is 90.7 Å². The van der Waals surface area contributed by atoms with Crippen LogP contribution < -0.4 is 10.6 Å². The minimum atomic E-state index is -1.02. The smallest absolute Gasteiger partial charge is 0.274 e. The van der Waals surface area contributed by atoms with Crippen LogP contribution in [0.4, 0.5) is 26.1 Å². The number of nitrogens with zero attached hydrogens (tertiary/aromatic N) is 3. The lowest BCUT2D eigenvalue weighted by molar-refractivity contribution is 0.102. The van der Waals surface area contributed by atoms with Crippen molar-refractivity contribution in [3.05, 3.63) is 77.6 Å². The van der Waals surface area contributed by atoms with E-state index in [4.69, 9.17) is 5.26 Å². The highest BCUT2D eigenvalue weighted by molar-refractivity contribution is 6.03. The Kier molecular flexibility index (Phi) is 4.80. The van der Waals surface area contributed by atoms with Crippen molar-refractivity contribution in [1.82, 2.24) is 9.97 Å². The zero-order valence-electron chi connectivity index (χ0n) is 13.2. The van der Waals surface area contributed by atoms with Gasteiger partial charge in [0.25, 0.3) is 5.91 Å². The SMILES string of the molecule is N#Cc1ccccc1NC(=O)c1ccnc(Nc2ccc(F)c(F)c2)n1. The van der Waals surface area contributed by atoms with Gasteiger partial charge in [-0.2, -0.15) is 5.26 Å². The zero-order chi connectivity index (χ0) is 18.5. The normalized spacial score (nSPS) is 10.0. The summed E-state index contributed by atoms with van der Waals surface area (Å²) in [5.41, 5.74) is 0.942. The predicted octanol–water partition coefficient (Wildman–Crippen LogP) is 3.62. The van der Waals surface area contributed by atoms with E-state index in [2.05, 4.69) is 20.6 Å². The van der Waals surface area contributed by atoms with E-state index in [-0.39, 0.29) is 17.3 Å². The first-order valence-electron chi connectivity index (χ1n) is 7.42. The summed E-state index contributed by atoms with van der Waals surface area (Å²) < 4.78 is 26.2. The second kappa shape index (κ2) is 7.36. The molecule has 128 valence electrons. The maximum Gasteiger partial charge on any atom is 0.274 e. The number of amides is 1. The maximum atomic E-state index is 13.3. The average Bonchev–Trinajstić information content (AvgIpc) is 2.65. The molecule has 0 bridgehead atoms. The summed E-state index contributed by atoms with van der Waals surface area (Å²) in [5.74, 6) is -2.49. The zero-order valence-corrected chi connectivity index (χ0v) is 13.2. The molecule has 0 spiro atoms. The molecule has 1 aromatic heterocycles. The second-order valence-electron chi connectivity index (χ2n) is 5.13. The van der Waals surface area contributed by atoms with Crippen LogP contribution in [0.5, 0.6) is 0 Å². The Morgan fingerprint density at radius 1 is 1.08 bits per heavy atom. The van der Waals surface area contributed by atoms with Crippen LogP contribution in [-0.2, 0) is 0 Å². The molecular weight excluding hydrogens is 340 g/mol. The Morgan fingerprint density at radius 3 is 2.65 bits per heavy atom. The summed E-state index contributed by atoms with van der Waals surface area (Å²) >= 11 is 0. The molecule has 3 rings (SSSR count). The fraction of sp³-hybridized carbons (Fsp3) is 0. The summed E-state index contributed by atoms with van der Waals surface area (Å²) in [5, 5.41) is 14.3. The largest absolute Gasteiger partial charge is 0.324 e. The van der Waals surface area contributed by atoms with Crippen molar-refractivity contribution >= 4 is 23.2 Å². The second-order valence-corrected chi connectivity index (χ2v) is 5.13.